The zero-order valence-corrected chi connectivity index (χ0v) is 13.9. The fourth-order valence-corrected chi connectivity index (χ4v) is 2.53. The molecule has 2 rings (SSSR count). The summed E-state index contributed by atoms with van der Waals surface area (Å²) in [5.41, 5.74) is 10.4. The van der Waals surface area contributed by atoms with Crippen molar-refractivity contribution in [2.24, 2.45) is 10.7 Å². The molecule has 0 saturated heterocycles. The maximum atomic E-state index is 6.05. The molecule has 0 aliphatic heterocycles. The van der Waals surface area contributed by atoms with Crippen LogP contribution < -0.4 is 5.73 Å². The topological polar surface area (TPSA) is 59.4 Å². The van der Waals surface area contributed by atoms with Crippen LogP contribution in [0.1, 0.15) is 30.8 Å². The van der Waals surface area contributed by atoms with E-state index in [1.165, 1.54) is 0 Å². The van der Waals surface area contributed by atoms with Gasteiger partial charge in [0.1, 0.15) is 0 Å². The molecule has 0 fully saturated rings. The number of hydrogen-bond donors (Lipinski definition) is 1. The van der Waals surface area contributed by atoms with Crippen LogP contribution in [-0.2, 0) is 6.54 Å². The minimum Gasteiger partial charge on any atom is -0.370 e. The van der Waals surface area contributed by atoms with E-state index in [-0.39, 0.29) is 0 Å². The van der Waals surface area contributed by atoms with Gasteiger partial charge in [-0.1, -0.05) is 18.2 Å². The van der Waals surface area contributed by atoms with E-state index in [4.69, 9.17) is 5.73 Å². The number of aliphatic imine (C=N–C) groups is 1. The van der Waals surface area contributed by atoms with Gasteiger partial charge < -0.3 is 10.6 Å². The molecule has 1 aromatic carbocycles. The van der Waals surface area contributed by atoms with Gasteiger partial charge in [-0.2, -0.15) is 5.10 Å². The van der Waals surface area contributed by atoms with Gasteiger partial charge in [-0.3, -0.25) is 0 Å². The molecule has 0 aliphatic carbocycles. The summed E-state index contributed by atoms with van der Waals surface area (Å²) in [6.07, 6.45) is 0. The lowest BCUT2D eigenvalue weighted by molar-refractivity contribution is 0.458. The number of nitrogens with zero attached hydrogens (tertiary/aromatic N) is 4. The molecule has 2 aromatic rings. The van der Waals surface area contributed by atoms with Gasteiger partial charge in [0, 0.05) is 24.3 Å². The maximum Gasteiger partial charge on any atom is 0.191 e. The Kier molecular flexibility index (Phi) is 5.20. The van der Waals surface area contributed by atoms with Crippen molar-refractivity contribution in [2.45, 2.75) is 34.2 Å². The van der Waals surface area contributed by atoms with E-state index in [9.17, 15) is 0 Å². The Bertz CT molecular complexity index is 639. The fourth-order valence-electron chi connectivity index (χ4n) is 2.53. The number of benzene rings is 1. The van der Waals surface area contributed by atoms with E-state index < -0.39 is 0 Å². The Morgan fingerprint density at radius 1 is 1.18 bits per heavy atom. The number of rotatable bonds is 5. The average molecular weight is 299 g/mol. The van der Waals surface area contributed by atoms with Crippen LogP contribution in [0.3, 0.4) is 0 Å². The summed E-state index contributed by atoms with van der Waals surface area (Å²) in [5.74, 6) is 0.594. The highest BCUT2D eigenvalue weighted by Crippen LogP contribution is 2.18. The second-order valence-electron chi connectivity index (χ2n) is 5.24. The Morgan fingerprint density at radius 2 is 1.82 bits per heavy atom. The second-order valence-corrected chi connectivity index (χ2v) is 5.24. The summed E-state index contributed by atoms with van der Waals surface area (Å²) in [6.45, 7) is 10.6. The lowest BCUT2D eigenvalue weighted by Gasteiger charge is -2.19. The average Bonchev–Trinajstić information content (AvgIpc) is 2.82. The number of aromatic nitrogens is 2. The second kappa shape index (κ2) is 7.11. The van der Waals surface area contributed by atoms with Crippen molar-refractivity contribution in [1.82, 2.24) is 14.7 Å². The van der Waals surface area contributed by atoms with Crippen LogP contribution in [0.25, 0.3) is 5.69 Å². The molecule has 0 saturated carbocycles. The molecule has 0 unspecified atom stereocenters. The van der Waals surface area contributed by atoms with Crippen LogP contribution in [0.4, 0.5) is 0 Å². The largest absolute Gasteiger partial charge is 0.370 e. The monoisotopic (exact) mass is 299 g/mol. The molecule has 1 heterocycles. The Morgan fingerprint density at radius 3 is 2.41 bits per heavy atom. The molecule has 0 aliphatic rings. The van der Waals surface area contributed by atoms with Gasteiger partial charge in [-0.05, 0) is 39.8 Å². The molecular formula is C17H25N5. The minimum absolute atomic E-state index is 0.562. The molecule has 5 nitrogen and oxygen atoms in total. The van der Waals surface area contributed by atoms with Gasteiger partial charge in [0.15, 0.2) is 5.96 Å². The molecule has 0 atom stereocenters. The van der Waals surface area contributed by atoms with Crippen molar-refractivity contribution in [1.29, 1.82) is 0 Å². The van der Waals surface area contributed by atoms with Crippen molar-refractivity contribution in [3.8, 4) is 5.69 Å². The van der Waals surface area contributed by atoms with Crippen LogP contribution >= 0.6 is 0 Å². The molecule has 0 bridgehead atoms. The standard InChI is InChI=1S/C17H25N5/c1-5-21(6-2)17(18)19-12-16-13(3)20-22(14(16)4)15-10-8-7-9-11-15/h7-11H,5-6,12H2,1-4H3,(H2,18,19). The Labute approximate surface area is 132 Å². The Balaban J connectivity index is 2.27. The summed E-state index contributed by atoms with van der Waals surface area (Å²) in [4.78, 5) is 6.58. The fraction of sp³-hybridized carbons (Fsp3) is 0.412. The van der Waals surface area contributed by atoms with Crippen molar-refractivity contribution < 1.29 is 0 Å². The SMILES string of the molecule is CCN(CC)C(N)=NCc1c(C)nn(-c2ccccc2)c1C. The third-order valence-electron chi connectivity index (χ3n) is 3.93. The number of para-hydroxylation sites is 1. The lowest BCUT2D eigenvalue weighted by atomic mass is 10.2. The molecule has 118 valence electrons. The van der Waals surface area contributed by atoms with Gasteiger partial charge in [0.25, 0.3) is 0 Å². The first kappa shape index (κ1) is 16.1. The van der Waals surface area contributed by atoms with E-state index in [0.717, 1.165) is 35.7 Å². The van der Waals surface area contributed by atoms with Crippen molar-refractivity contribution >= 4 is 5.96 Å². The van der Waals surface area contributed by atoms with Gasteiger partial charge in [0.05, 0.1) is 17.9 Å². The molecule has 1 aromatic heterocycles. The van der Waals surface area contributed by atoms with Crippen molar-refractivity contribution in [3.63, 3.8) is 0 Å². The molecular weight excluding hydrogens is 274 g/mol. The van der Waals surface area contributed by atoms with E-state index in [0.29, 0.717) is 12.5 Å². The minimum atomic E-state index is 0.562. The highest BCUT2D eigenvalue weighted by Gasteiger charge is 2.12. The molecule has 5 heteroatoms. The summed E-state index contributed by atoms with van der Waals surface area (Å²) < 4.78 is 1.97. The normalized spacial score (nSPS) is 11.7. The van der Waals surface area contributed by atoms with E-state index in [2.05, 4.69) is 43.0 Å². The predicted molar refractivity (Wildman–Crippen MR) is 91.3 cm³/mol. The van der Waals surface area contributed by atoms with Gasteiger partial charge in [-0.25, -0.2) is 9.67 Å². The zero-order valence-electron chi connectivity index (χ0n) is 13.9. The molecule has 0 radical (unpaired) electrons. The first-order valence-electron chi connectivity index (χ1n) is 7.73. The number of hydrogen-bond acceptors (Lipinski definition) is 2. The first-order chi connectivity index (χ1) is 10.6. The highest BCUT2D eigenvalue weighted by atomic mass is 15.3. The van der Waals surface area contributed by atoms with Crippen LogP contribution in [0.15, 0.2) is 35.3 Å². The summed E-state index contributed by atoms with van der Waals surface area (Å²) in [6, 6.07) is 10.1. The van der Waals surface area contributed by atoms with Crippen LogP contribution in [0.2, 0.25) is 0 Å². The van der Waals surface area contributed by atoms with Crippen LogP contribution in [0, 0.1) is 13.8 Å². The highest BCUT2D eigenvalue weighted by molar-refractivity contribution is 5.78. The van der Waals surface area contributed by atoms with E-state index >= 15 is 0 Å². The van der Waals surface area contributed by atoms with Gasteiger partial charge in [0.2, 0.25) is 0 Å². The van der Waals surface area contributed by atoms with Crippen molar-refractivity contribution in [3.05, 3.63) is 47.3 Å². The molecule has 22 heavy (non-hydrogen) atoms. The summed E-state index contributed by atoms with van der Waals surface area (Å²) in [7, 11) is 0. The van der Waals surface area contributed by atoms with Crippen LogP contribution in [0.5, 0.6) is 0 Å². The molecule has 0 amide bonds. The van der Waals surface area contributed by atoms with E-state index in [1.807, 2.05) is 34.7 Å². The summed E-state index contributed by atoms with van der Waals surface area (Å²) in [5, 5.41) is 4.64. The molecule has 2 N–H and O–H groups in total. The predicted octanol–water partition coefficient (Wildman–Crippen LogP) is 2.65. The van der Waals surface area contributed by atoms with Gasteiger partial charge in [-0.15, -0.1) is 0 Å². The smallest absolute Gasteiger partial charge is 0.191 e. The third-order valence-corrected chi connectivity index (χ3v) is 3.93. The quantitative estimate of drug-likeness (QED) is 0.682. The third kappa shape index (κ3) is 3.30. The van der Waals surface area contributed by atoms with Gasteiger partial charge >= 0.3 is 0 Å². The van der Waals surface area contributed by atoms with Crippen LogP contribution in [-0.4, -0.2) is 33.7 Å². The first-order valence-corrected chi connectivity index (χ1v) is 7.73. The number of guanidine groups is 1. The Hall–Kier alpha value is -2.30. The molecule has 0 spiro atoms. The summed E-state index contributed by atoms with van der Waals surface area (Å²) >= 11 is 0. The lowest BCUT2D eigenvalue weighted by Crippen LogP contribution is -2.37. The maximum absolute atomic E-state index is 6.05. The number of aryl methyl sites for hydroxylation is 1. The van der Waals surface area contributed by atoms with E-state index in [1.54, 1.807) is 0 Å². The number of nitrogens with two attached hydrogens (primary N) is 1. The zero-order chi connectivity index (χ0) is 16.1. The van der Waals surface area contributed by atoms with Crippen molar-refractivity contribution in [2.75, 3.05) is 13.1 Å².